The van der Waals surface area contributed by atoms with Crippen LogP contribution in [0.2, 0.25) is 0 Å². The predicted octanol–water partition coefficient (Wildman–Crippen LogP) is 0.125. The molecule has 1 atom stereocenters. The molecule has 0 saturated carbocycles. The molecular formula is C7H12ClNO2. The summed E-state index contributed by atoms with van der Waals surface area (Å²) in [5.41, 5.74) is 0. The molecule has 0 N–H and O–H groups in total. The highest BCUT2D eigenvalue weighted by molar-refractivity contribution is 6.19. The molecule has 1 heterocycles. The molecule has 1 saturated heterocycles. The van der Waals surface area contributed by atoms with Gasteiger partial charge in [-0.15, -0.1) is 11.6 Å². The van der Waals surface area contributed by atoms with Gasteiger partial charge in [-0.05, 0) is 0 Å². The second-order valence-electron chi connectivity index (χ2n) is 2.51. The zero-order valence-corrected chi connectivity index (χ0v) is 7.09. The van der Waals surface area contributed by atoms with E-state index in [1.54, 1.807) is 0 Å². The van der Waals surface area contributed by atoms with E-state index in [0.717, 1.165) is 19.4 Å². The molecule has 0 amide bonds. The number of aldehydes is 1. The first-order chi connectivity index (χ1) is 5.38. The lowest BCUT2D eigenvalue weighted by Gasteiger charge is -2.29. The SMILES string of the molecule is O=CC(CCl)N1CCOCC1. The third-order valence-corrected chi connectivity index (χ3v) is 2.15. The minimum atomic E-state index is -0.124. The Morgan fingerprint density at radius 1 is 1.55 bits per heavy atom. The van der Waals surface area contributed by atoms with Crippen molar-refractivity contribution >= 4 is 17.9 Å². The van der Waals surface area contributed by atoms with E-state index in [1.165, 1.54) is 0 Å². The van der Waals surface area contributed by atoms with E-state index in [-0.39, 0.29) is 6.04 Å². The molecule has 0 radical (unpaired) electrons. The summed E-state index contributed by atoms with van der Waals surface area (Å²) in [6.45, 7) is 3.05. The van der Waals surface area contributed by atoms with Crippen LogP contribution in [0.4, 0.5) is 0 Å². The number of carbonyl (C=O) groups excluding carboxylic acids is 1. The van der Waals surface area contributed by atoms with E-state index >= 15 is 0 Å². The molecular weight excluding hydrogens is 166 g/mol. The quantitative estimate of drug-likeness (QED) is 0.453. The average molecular weight is 178 g/mol. The lowest BCUT2D eigenvalue weighted by atomic mass is 10.3. The van der Waals surface area contributed by atoms with E-state index in [4.69, 9.17) is 16.3 Å². The number of ether oxygens (including phenoxy) is 1. The zero-order valence-electron chi connectivity index (χ0n) is 6.33. The number of carbonyl (C=O) groups is 1. The van der Waals surface area contributed by atoms with Crippen LogP contribution in [-0.4, -0.2) is 49.4 Å². The molecule has 1 rings (SSSR count). The second-order valence-corrected chi connectivity index (χ2v) is 2.81. The first-order valence-corrected chi connectivity index (χ1v) is 4.25. The first kappa shape index (κ1) is 8.97. The van der Waals surface area contributed by atoms with Crippen molar-refractivity contribution in [3.8, 4) is 0 Å². The Morgan fingerprint density at radius 2 is 2.18 bits per heavy atom. The van der Waals surface area contributed by atoms with Crippen molar-refractivity contribution in [2.45, 2.75) is 6.04 Å². The molecule has 0 aromatic heterocycles. The van der Waals surface area contributed by atoms with Gasteiger partial charge in [0.25, 0.3) is 0 Å². The number of hydrogen-bond donors (Lipinski definition) is 0. The summed E-state index contributed by atoms with van der Waals surface area (Å²) < 4.78 is 5.14. The van der Waals surface area contributed by atoms with Crippen LogP contribution >= 0.6 is 11.6 Å². The van der Waals surface area contributed by atoms with Crippen LogP contribution in [0.5, 0.6) is 0 Å². The highest BCUT2D eigenvalue weighted by atomic mass is 35.5. The van der Waals surface area contributed by atoms with Crippen molar-refractivity contribution in [1.82, 2.24) is 4.90 Å². The van der Waals surface area contributed by atoms with Crippen LogP contribution in [0.15, 0.2) is 0 Å². The molecule has 0 aromatic carbocycles. The molecule has 1 aliphatic rings. The number of rotatable bonds is 3. The summed E-state index contributed by atoms with van der Waals surface area (Å²) in [7, 11) is 0. The van der Waals surface area contributed by atoms with Gasteiger partial charge < -0.3 is 9.53 Å². The summed E-state index contributed by atoms with van der Waals surface area (Å²) in [6.07, 6.45) is 0.901. The fourth-order valence-electron chi connectivity index (χ4n) is 1.13. The highest BCUT2D eigenvalue weighted by Gasteiger charge is 2.18. The Balaban J connectivity index is 2.35. The first-order valence-electron chi connectivity index (χ1n) is 3.71. The molecule has 64 valence electrons. The van der Waals surface area contributed by atoms with Crippen molar-refractivity contribution in [1.29, 1.82) is 0 Å². The van der Waals surface area contributed by atoms with Gasteiger partial charge in [0.05, 0.1) is 19.3 Å². The van der Waals surface area contributed by atoms with Crippen molar-refractivity contribution in [3.05, 3.63) is 0 Å². The summed E-state index contributed by atoms with van der Waals surface area (Å²) in [4.78, 5) is 12.5. The minimum absolute atomic E-state index is 0.124. The maximum atomic E-state index is 10.5. The zero-order chi connectivity index (χ0) is 8.10. The molecule has 1 aliphatic heterocycles. The van der Waals surface area contributed by atoms with Crippen LogP contribution in [0.3, 0.4) is 0 Å². The number of alkyl halides is 1. The Morgan fingerprint density at radius 3 is 2.64 bits per heavy atom. The van der Waals surface area contributed by atoms with Gasteiger partial charge in [0.1, 0.15) is 6.29 Å². The highest BCUT2D eigenvalue weighted by Crippen LogP contribution is 2.03. The average Bonchev–Trinajstić information content (AvgIpc) is 2.09. The number of nitrogens with zero attached hydrogens (tertiary/aromatic N) is 1. The van der Waals surface area contributed by atoms with E-state index in [0.29, 0.717) is 19.1 Å². The number of morpholine rings is 1. The number of halogens is 1. The van der Waals surface area contributed by atoms with Gasteiger partial charge in [0, 0.05) is 19.0 Å². The van der Waals surface area contributed by atoms with Crippen molar-refractivity contribution < 1.29 is 9.53 Å². The monoisotopic (exact) mass is 177 g/mol. The van der Waals surface area contributed by atoms with E-state index in [2.05, 4.69) is 0 Å². The topological polar surface area (TPSA) is 29.5 Å². The Kier molecular flexibility index (Phi) is 3.83. The molecule has 4 heteroatoms. The summed E-state index contributed by atoms with van der Waals surface area (Å²) in [5, 5.41) is 0. The Bertz CT molecular complexity index is 126. The van der Waals surface area contributed by atoms with E-state index in [1.807, 2.05) is 4.90 Å². The molecule has 0 spiro atoms. The molecule has 1 unspecified atom stereocenters. The van der Waals surface area contributed by atoms with Crippen LogP contribution in [0.1, 0.15) is 0 Å². The van der Waals surface area contributed by atoms with Gasteiger partial charge in [0.15, 0.2) is 0 Å². The summed E-state index contributed by atoms with van der Waals surface area (Å²) in [5.74, 6) is 0.378. The van der Waals surface area contributed by atoms with Crippen LogP contribution in [-0.2, 0) is 9.53 Å². The fraction of sp³-hybridized carbons (Fsp3) is 0.857. The lowest BCUT2D eigenvalue weighted by molar-refractivity contribution is -0.113. The molecule has 11 heavy (non-hydrogen) atoms. The minimum Gasteiger partial charge on any atom is -0.379 e. The second kappa shape index (κ2) is 4.70. The van der Waals surface area contributed by atoms with Gasteiger partial charge in [-0.1, -0.05) is 0 Å². The molecule has 0 aliphatic carbocycles. The summed E-state index contributed by atoms with van der Waals surface area (Å²) in [6, 6.07) is -0.124. The Hall–Kier alpha value is -0.120. The maximum Gasteiger partial charge on any atom is 0.138 e. The molecule has 0 bridgehead atoms. The van der Waals surface area contributed by atoms with Gasteiger partial charge in [-0.3, -0.25) is 4.90 Å². The van der Waals surface area contributed by atoms with Crippen molar-refractivity contribution in [2.24, 2.45) is 0 Å². The molecule has 0 aromatic rings. The fourth-order valence-corrected chi connectivity index (χ4v) is 1.40. The third-order valence-electron chi connectivity index (χ3n) is 1.83. The lowest BCUT2D eigenvalue weighted by Crippen LogP contribution is -2.45. The van der Waals surface area contributed by atoms with Gasteiger partial charge in [-0.2, -0.15) is 0 Å². The molecule has 1 fully saturated rings. The van der Waals surface area contributed by atoms with Crippen LogP contribution < -0.4 is 0 Å². The standard InChI is InChI=1S/C7H12ClNO2/c8-5-7(6-10)9-1-3-11-4-2-9/h6-7H,1-5H2. The van der Waals surface area contributed by atoms with Crippen LogP contribution in [0, 0.1) is 0 Å². The maximum absolute atomic E-state index is 10.5. The van der Waals surface area contributed by atoms with E-state index in [9.17, 15) is 4.79 Å². The largest absolute Gasteiger partial charge is 0.379 e. The smallest absolute Gasteiger partial charge is 0.138 e. The van der Waals surface area contributed by atoms with Crippen LogP contribution in [0.25, 0.3) is 0 Å². The predicted molar refractivity (Wildman–Crippen MR) is 43.0 cm³/mol. The third kappa shape index (κ3) is 2.43. The van der Waals surface area contributed by atoms with Gasteiger partial charge in [-0.25, -0.2) is 0 Å². The number of hydrogen-bond acceptors (Lipinski definition) is 3. The normalized spacial score (nSPS) is 23.0. The Labute approximate surface area is 71.3 Å². The summed E-state index contributed by atoms with van der Waals surface area (Å²) >= 11 is 5.59. The van der Waals surface area contributed by atoms with Crippen molar-refractivity contribution in [2.75, 3.05) is 32.2 Å². The van der Waals surface area contributed by atoms with Gasteiger partial charge >= 0.3 is 0 Å². The van der Waals surface area contributed by atoms with Crippen molar-refractivity contribution in [3.63, 3.8) is 0 Å². The molecule has 3 nitrogen and oxygen atoms in total. The van der Waals surface area contributed by atoms with Gasteiger partial charge in [0.2, 0.25) is 0 Å². The van der Waals surface area contributed by atoms with E-state index < -0.39 is 0 Å².